The van der Waals surface area contributed by atoms with Gasteiger partial charge in [0.2, 0.25) is 0 Å². The summed E-state index contributed by atoms with van der Waals surface area (Å²) in [5, 5.41) is 2.15. The SMILES string of the molecule is CC1(C)OB(C(F)=Cc2ncc(Cl)c3ccccc23)OC1(C)C. The molecule has 3 nitrogen and oxygen atoms in total. The van der Waals surface area contributed by atoms with Gasteiger partial charge in [0.15, 0.2) is 0 Å². The van der Waals surface area contributed by atoms with Gasteiger partial charge in [-0.25, -0.2) is 4.39 Å². The molecule has 0 N–H and O–H groups in total. The molecular formula is C17H18BClFNO2. The molecule has 1 aromatic heterocycles. The molecule has 23 heavy (non-hydrogen) atoms. The molecule has 0 radical (unpaired) electrons. The van der Waals surface area contributed by atoms with E-state index in [2.05, 4.69) is 4.98 Å². The fraction of sp³-hybridized carbons (Fsp3) is 0.353. The molecule has 120 valence electrons. The lowest BCUT2D eigenvalue weighted by atomic mass is 9.87. The lowest BCUT2D eigenvalue weighted by molar-refractivity contribution is 0.00578. The highest BCUT2D eigenvalue weighted by molar-refractivity contribution is 6.54. The number of hydrogen-bond donors (Lipinski definition) is 0. The minimum Gasteiger partial charge on any atom is -0.398 e. The standard InChI is InChI=1S/C17H18BClFNO2/c1-16(2)17(3,4)23-18(22-16)15(20)9-14-12-8-6-5-7-11(12)13(19)10-21-14/h5-10H,1-4H3. The third-order valence-electron chi connectivity index (χ3n) is 4.53. The Balaban J connectivity index is 1.98. The maximum atomic E-state index is 14.6. The van der Waals surface area contributed by atoms with E-state index in [0.29, 0.717) is 10.7 Å². The van der Waals surface area contributed by atoms with Gasteiger partial charge in [0, 0.05) is 17.0 Å². The molecule has 1 aliphatic heterocycles. The molecule has 0 bridgehead atoms. The van der Waals surface area contributed by atoms with Gasteiger partial charge in [-0.3, -0.25) is 4.98 Å². The minimum atomic E-state index is -1.03. The number of benzene rings is 1. The molecule has 0 atom stereocenters. The van der Waals surface area contributed by atoms with E-state index in [4.69, 9.17) is 20.9 Å². The highest BCUT2D eigenvalue weighted by atomic mass is 35.5. The van der Waals surface area contributed by atoms with Crippen LogP contribution in [0.3, 0.4) is 0 Å². The first-order valence-corrected chi connectivity index (χ1v) is 7.85. The van der Waals surface area contributed by atoms with E-state index >= 15 is 0 Å². The zero-order valence-electron chi connectivity index (χ0n) is 13.6. The van der Waals surface area contributed by atoms with E-state index < -0.39 is 24.0 Å². The van der Waals surface area contributed by atoms with Crippen molar-refractivity contribution >= 4 is 35.6 Å². The molecule has 0 spiro atoms. The summed E-state index contributed by atoms with van der Waals surface area (Å²) < 4.78 is 26.1. The van der Waals surface area contributed by atoms with Crippen LogP contribution in [-0.4, -0.2) is 23.3 Å². The van der Waals surface area contributed by atoms with Crippen LogP contribution in [0.5, 0.6) is 0 Å². The topological polar surface area (TPSA) is 31.4 Å². The van der Waals surface area contributed by atoms with Crippen molar-refractivity contribution in [2.24, 2.45) is 0 Å². The summed E-state index contributed by atoms with van der Waals surface area (Å²) in [4.78, 5) is 4.23. The summed E-state index contributed by atoms with van der Waals surface area (Å²) in [6.45, 7) is 7.54. The smallest absolute Gasteiger partial charge is 0.398 e. The molecule has 0 aliphatic carbocycles. The lowest BCUT2D eigenvalue weighted by Gasteiger charge is -2.32. The first-order valence-electron chi connectivity index (χ1n) is 7.47. The van der Waals surface area contributed by atoms with Crippen molar-refractivity contribution in [3.05, 3.63) is 46.9 Å². The molecule has 2 heterocycles. The first kappa shape index (κ1) is 16.4. The van der Waals surface area contributed by atoms with Crippen LogP contribution in [0.25, 0.3) is 16.8 Å². The summed E-state index contributed by atoms with van der Waals surface area (Å²) in [5.41, 5.74) is -1.18. The van der Waals surface area contributed by atoms with Gasteiger partial charge >= 0.3 is 7.12 Å². The van der Waals surface area contributed by atoms with E-state index in [1.165, 1.54) is 12.3 Å². The molecule has 0 unspecified atom stereocenters. The predicted molar refractivity (Wildman–Crippen MR) is 91.9 cm³/mol. The number of fused-ring (bicyclic) bond motifs is 1. The highest BCUT2D eigenvalue weighted by Gasteiger charge is 2.53. The van der Waals surface area contributed by atoms with Crippen molar-refractivity contribution in [1.29, 1.82) is 0 Å². The second-order valence-electron chi connectivity index (χ2n) is 6.65. The molecule has 1 aliphatic rings. The average molecular weight is 334 g/mol. The van der Waals surface area contributed by atoms with Gasteiger partial charge in [0.25, 0.3) is 0 Å². The van der Waals surface area contributed by atoms with E-state index in [9.17, 15) is 4.39 Å². The van der Waals surface area contributed by atoms with Crippen LogP contribution in [-0.2, 0) is 9.31 Å². The number of hydrogen-bond acceptors (Lipinski definition) is 3. The van der Waals surface area contributed by atoms with Gasteiger partial charge in [-0.15, -0.1) is 0 Å². The fourth-order valence-electron chi connectivity index (χ4n) is 2.45. The van der Waals surface area contributed by atoms with Gasteiger partial charge in [0.05, 0.1) is 21.9 Å². The van der Waals surface area contributed by atoms with Gasteiger partial charge in [0.1, 0.15) is 5.73 Å². The van der Waals surface area contributed by atoms with Gasteiger partial charge in [-0.2, -0.15) is 0 Å². The molecule has 0 saturated carbocycles. The summed E-state index contributed by atoms with van der Waals surface area (Å²) in [6, 6.07) is 7.48. The molecule has 0 amide bonds. The number of pyridine rings is 1. The Kier molecular flexibility index (Phi) is 3.99. The molecular weight excluding hydrogens is 315 g/mol. The number of halogens is 2. The quantitative estimate of drug-likeness (QED) is 0.738. The van der Waals surface area contributed by atoms with E-state index in [1.54, 1.807) is 0 Å². The van der Waals surface area contributed by atoms with Gasteiger partial charge < -0.3 is 9.31 Å². The van der Waals surface area contributed by atoms with Crippen molar-refractivity contribution in [3.8, 4) is 0 Å². The highest BCUT2D eigenvalue weighted by Crippen LogP contribution is 2.39. The number of aromatic nitrogens is 1. The van der Waals surface area contributed by atoms with Crippen LogP contribution in [0.1, 0.15) is 33.4 Å². The predicted octanol–water partition coefficient (Wildman–Crippen LogP) is 4.83. The van der Waals surface area contributed by atoms with Crippen LogP contribution < -0.4 is 0 Å². The summed E-state index contributed by atoms with van der Waals surface area (Å²) in [6.07, 6.45) is 2.87. The summed E-state index contributed by atoms with van der Waals surface area (Å²) in [7, 11) is -1.03. The Hall–Kier alpha value is -1.43. The van der Waals surface area contributed by atoms with E-state index in [-0.39, 0.29) is 0 Å². The third-order valence-corrected chi connectivity index (χ3v) is 4.83. The lowest BCUT2D eigenvalue weighted by Crippen LogP contribution is -2.41. The fourth-order valence-corrected chi connectivity index (χ4v) is 2.66. The minimum absolute atomic E-state index is 0.497. The Morgan fingerprint density at radius 3 is 2.30 bits per heavy atom. The molecule has 2 aromatic rings. The second-order valence-corrected chi connectivity index (χ2v) is 7.06. The van der Waals surface area contributed by atoms with Crippen LogP contribution in [0.2, 0.25) is 5.02 Å². The van der Waals surface area contributed by atoms with Crippen molar-refractivity contribution in [1.82, 2.24) is 4.98 Å². The van der Waals surface area contributed by atoms with Crippen LogP contribution >= 0.6 is 11.6 Å². The zero-order chi connectivity index (χ0) is 16.8. The molecule has 1 saturated heterocycles. The Morgan fingerprint density at radius 2 is 1.70 bits per heavy atom. The molecule has 1 fully saturated rings. The van der Waals surface area contributed by atoms with Crippen molar-refractivity contribution in [2.75, 3.05) is 0 Å². The number of nitrogens with zero attached hydrogens (tertiary/aromatic N) is 1. The second kappa shape index (κ2) is 5.58. The maximum Gasteiger partial charge on any atom is 0.525 e. The molecule has 1 aromatic carbocycles. The van der Waals surface area contributed by atoms with Crippen LogP contribution in [0.15, 0.2) is 36.2 Å². The van der Waals surface area contributed by atoms with Crippen molar-refractivity contribution in [3.63, 3.8) is 0 Å². The van der Waals surface area contributed by atoms with Gasteiger partial charge in [-0.05, 0) is 33.8 Å². The third kappa shape index (κ3) is 2.89. The Bertz CT molecular complexity index is 775. The number of rotatable bonds is 2. The van der Waals surface area contributed by atoms with Crippen molar-refractivity contribution < 1.29 is 13.7 Å². The van der Waals surface area contributed by atoms with E-state index in [0.717, 1.165) is 10.8 Å². The van der Waals surface area contributed by atoms with E-state index in [1.807, 2.05) is 52.0 Å². The van der Waals surface area contributed by atoms with Crippen molar-refractivity contribution in [2.45, 2.75) is 38.9 Å². The Labute approximate surface area is 140 Å². The average Bonchev–Trinajstić information content (AvgIpc) is 2.71. The molecule has 3 rings (SSSR count). The normalized spacial score (nSPS) is 20.3. The van der Waals surface area contributed by atoms with Gasteiger partial charge in [-0.1, -0.05) is 35.9 Å². The van der Waals surface area contributed by atoms with Crippen LogP contribution in [0, 0.1) is 0 Å². The zero-order valence-corrected chi connectivity index (χ0v) is 14.3. The monoisotopic (exact) mass is 333 g/mol. The summed E-state index contributed by atoms with van der Waals surface area (Å²) in [5.74, 6) is 0. The summed E-state index contributed by atoms with van der Waals surface area (Å²) >= 11 is 6.14. The first-order chi connectivity index (χ1) is 10.7. The maximum absolute atomic E-state index is 14.6. The van der Waals surface area contributed by atoms with Crippen LogP contribution in [0.4, 0.5) is 4.39 Å². The largest absolute Gasteiger partial charge is 0.525 e. The Morgan fingerprint density at radius 1 is 1.13 bits per heavy atom. The molecule has 6 heteroatoms.